The summed E-state index contributed by atoms with van der Waals surface area (Å²) < 4.78 is 0. The number of likely N-dealkylation sites (tertiary alicyclic amines) is 2. The minimum absolute atomic E-state index is 0.00357. The van der Waals surface area contributed by atoms with E-state index in [1.54, 1.807) is 18.7 Å². The number of benzene rings is 1. The first-order valence-corrected chi connectivity index (χ1v) is 12.1. The van der Waals surface area contributed by atoms with Crippen LogP contribution >= 0.6 is 0 Å². The lowest BCUT2D eigenvalue weighted by molar-refractivity contribution is 0.0295. The molecule has 2 aliphatic heterocycles. The number of aryl methyl sites for hydroxylation is 2. The lowest BCUT2D eigenvalue weighted by Gasteiger charge is -2.44. The number of aromatic nitrogens is 3. The van der Waals surface area contributed by atoms with Gasteiger partial charge < -0.3 is 14.8 Å². The summed E-state index contributed by atoms with van der Waals surface area (Å²) >= 11 is 0. The van der Waals surface area contributed by atoms with E-state index in [1.165, 1.54) is 17.5 Å². The Bertz CT molecular complexity index is 1210. The van der Waals surface area contributed by atoms with Crippen LogP contribution in [0.25, 0.3) is 11.0 Å². The maximum absolute atomic E-state index is 13.3. The monoisotopic (exact) mass is 443 g/mol. The van der Waals surface area contributed by atoms with E-state index in [-0.39, 0.29) is 11.8 Å². The molecule has 1 N–H and O–H groups in total. The van der Waals surface area contributed by atoms with E-state index < -0.39 is 0 Å². The molecule has 7 nitrogen and oxygen atoms in total. The molecule has 1 aliphatic carbocycles. The van der Waals surface area contributed by atoms with Crippen LogP contribution in [0.5, 0.6) is 0 Å². The zero-order chi connectivity index (χ0) is 22.4. The Balaban J connectivity index is 1.12. The average Bonchev–Trinajstić information content (AvgIpc) is 3.41. The van der Waals surface area contributed by atoms with E-state index in [0.29, 0.717) is 22.9 Å². The van der Waals surface area contributed by atoms with Gasteiger partial charge in [-0.2, -0.15) is 0 Å². The normalized spacial score (nSPS) is 21.0. The van der Waals surface area contributed by atoms with E-state index in [4.69, 9.17) is 0 Å². The quantitative estimate of drug-likeness (QED) is 0.672. The fourth-order valence-corrected chi connectivity index (χ4v) is 5.80. The number of carbonyl (C=O) groups is 2. The van der Waals surface area contributed by atoms with Crippen LogP contribution < -0.4 is 0 Å². The number of hydrogen-bond acceptors (Lipinski definition) is 4. The van der Waals surface area contributed by atoms with Crippen LogP contribution in [0, 0.1) is 11.8 Å². The second-order valence-electron chi connectivity index (χ2n) is 9.80. The third-order valence-electron chi connectivity index (χ3n) is 7.77. The fourth-order valence-electron chi connectivity index (χ4n) is 5.80. The number of carbonyl (C=O) groups excluding carboxylic acids is 2. The van der Waals surface area contributed by atoms with E-state index in [1.807, 2.05) is 11.0 Å². The molecule has 1 unspecified atom stereocenters. The van der Waals surface area contributed by atoms with Crippen LogP contribution in [-0.2, 0) is 12.8 Å². The summed E-state index contributed by atoms with van der Waals surface area (Å²) in [5, 5.41) is 0. The average molecular weight is 444 g/mol. The molecule has 6 rings (SSSR count). The summed E-state index contributed by atoms with van der Waals surface area (Å²) in [6.07, 6.45) is 11.6. The Morgan fingerprint density at radius 2 is 1.76 bits per heavy atom. The minimum Gasteiger partial charge on any atom is -0.343 e. The molecule has 4 heterocycles. The lowest BCUT2D eigenvalue weighted by atomic mass is 9.82. The number of amides is 2. The van der Waals surface area contributed by atoms with Crippen molar-refractivity contribution in [1.29, 1.82) is 0 Å². The van der Waals surface area contributed by atoms with E-state index in [9.17, 15) is 9.59 Å². The van der Waals surface area contributed by atoms with Crippen molar-refractivity contribution in [2.45, 2.75) is 38.5 Å². The third kappa shape index (κ3) is 3.69. The molecule has 33 heavy (non-hydrogen) atoms. The van der Waals surface area contributed by atoms with E-state index in [2.05, 4.69) is 32.0 Å². The predicted molar refractivity (Wildman–Crippen MR) is 125 cm³/mol. The molecule has 2 fully saturated rings. The van der Waals surface area contributed by atoms with Crippen LogP contribution in [0.1, 0.15) is 57.5 Å². The Labute approximate surface area is 193 Å². The maximum atomic E-state index is 13.3. The molecule has 0 saturated carbocycles. The van der Waals surface area contributed by atoms with Gasteiger partial charge in [-0.3, -0.25) is 14.6 Å². The maximum Gasteiger partial charge on any atom is 0.257 e. The number of rotatable bonds is 3. The van der Waals surface area contributed by atoms with Crippen molar-refractivity contribution in [1.82, 2.24) is 24.8 Å². The Morgan fingerprint density at radius 3 is 2.67 bits per heavy atom. The van der Waals surface area contributed by atoms with Gasteiger partial charge in [-0.15, -0.1) is 0 Å². The van der Waals surface area contributed by atoms with Crippen molar-refractivity contribution in [3.8, 4) is 0 Å². The van der Waals surface area contributed by atoms with Gasteiger partial charge in [-0.1, -0.05) is 12.5 Å². The standard InChI is InChI=1S/C26H29N5O2/c32-25(19-8-7-17-5-3-6-18(17)10-19)30-9-2-1-4-20(13-30)21-14-31(15-21)26(33)22-11-27-12-23-24(22)29-16-28-23/h7-8,10-12,16,20-21H,1-6,9,13-15H2,(H,28,29). The van der Waals surface area contributed by atoms with Gasteiger partial charge in [0.2, 0.25) is 0 Å². The zero-order valence-corrected chi connectivity index (χ0v) is 18.8. The molecule has 0 bridgehead atoms. The third-order valence-corrected chi connectivity index (χ3v) is 7.77. The van der Waals surface area contributed by atoms with E-state index in [0.717, 1.165) is 69.4 Å². The van der Waals surface area contributed by atoms with Crippen molar-refractivity contribution in [2.75, 3.05) is 26.2 Å². The van der Waals surface area contributed by atoms with Crippen molar-refractivity contribution >= 4 is 22.8 Å². The molecular weight excluding hydrogens is 414 g/mol. The van der Waals surface area contributed by atoms with Crippen LogP contribution in [-0.4, -0.2) is 62.7 Å². The highest BCUT2D eigenvalue weighted by atomic mass is 16.2. The Hall–Kier alpha value is -3.22. The molecule has 2 aromatic heterocycles. The largest absolute Gasteiger partial charge is 0.343 e. The summed E-state index contributed by atoms with van der Waals surface area (Å²) in [5.41, 5.74) is 5.60. The Morgan fingerprint density at radius 1 is 0.909 bits per heavy atom. The summed E-state index contributed by atoms with van der Waals surface area (Å²) in [4.78, 5) is 41.8. The topological polar surface area (TPSA) is 82.2 Å². The van der Waals surface area contributed by atoms with Gasteiger partial charge in [-0.25, -0.2) is 4.98 Å². The summed E-state index contributed by atoms with van der Waals surface area (Å²) in [6, 6.07) is 6.28. The number of nitrogens with one attached hydrogen (secondary N) is 1. The summed E-state index contributed by atoms with van der Waals surface area (Å²) in [6.45, 7) is 3.10. The molecule has 0 spiro atoms. The first kappa shape index (κ1) is 20.4. The zero-order valence-electron chi connectivity index (χ0n) is 18.8. The molecule has 1 aromatic carbocycles. The SMILES string of the molecule is O=C(c1ccc2c(c1)CCC2)N1CCCCC(C2CN(C(=O)c3cncc4[nH]cnc34)C2)C1. The highest BCUT2D eigenvalue weighted by Crippen LogP contribution is 2.33. The summed E-state index contributed by atoms with van der Waals surface area (Å²) in [7, 11) is 0. The first-order valence-electron chi connectivity index (χ1n) is 12.1. The number of hydrogen-bond donors (Lipinski definition) is 1. The highest BCUT2D eigenvalue weighted by molar-refractivity contribution is 6.04. The second kappa shape index (κ2) is 8.28. The molecule has 0 radical (unpaired) electrons. The molecule has 170 valence electrons. The van der Waals surface area contributed by atoms with Crippen LogP contribution in [0.15, 0.2) is 36.9 Å². The number of aromatic amines is 1. The Kier molecular flexibility index (Phi) is 5.12. The number of imidazole rings is 1. The van der Waals surface area contributed by atoms with Gasteiger partial charge >= 0.3 is 0 Å². The fraction of sp³-hybridized carbons (Fsp3) is 0.462. The van der Waals surface area contributed by atoms with Gasteiger partial charge in [0.05, 0.1) is 23.6 Å². The van der Waals surface area contributed by atoms with Gasteiger partial charge in [0.15, 0.2) is 0 Å². The van der Waals surface area contributed by atoms with E-state index >= 15 is 0 Å². The number of H-pyrrole nitrogens is 1. The van der Waals surface area contributed by atoms with Gasteiger partial charge in [0, 0.05) is 37.9 Å². The molecular formula is C26H29N5O2. The van der Waals surface area contributed by atoms with Crippen molar-refractivity contribution in [2.24, 2.45) is 11.8 Å². The van der Waals surface area contributed by atoms with Gasteiger partial charge in [0.25, 0.3) is 11.8 Å². The number of pyridine rings is 1. The highest BCUT2D eigenvalue weighted by Gasteiger charge is 2.39. The van der Waals surface area contributed by atoms with Crippen molar-refractivity contribution < 1.29 is 9.59 Å². The van der Waals surface area contributed by atoms with Crippen LogP contribution in [0.4, 0.5) is 0 Å². The smallest absolute Gasteiger partial charge is 0.257 e. The molecule has 3 aliphatic rings. The van der Waals surface area contributed by atoms with Crippen LogP contribution in [0.3, 0.4) is 0 Å². The van der Waals surface area contributed by atoms with Gasteiger partial charge in [0.1, 0.15) is 5.52 Å². The molecule has 2 amide bonds. The van der Waals surface area contributed by atoms with Crippen molar-refractivity contribution in [3.05, 3.63) is 59.2 Å². The molecule has 7 heteroatoms. The molecule has 3 aromatic rings. The second-order valence-corrected chi connectivity index (χ2v) is 9.80. The molecule has 1 atom stereocenters. The molecule has 2 saturated heterocycles. The predicted octanol–water partition coefficient (Wildman–Crippen LogP) is 3.46. The van der Waals surface area contributed by atoms with Crippen molar-refractivity contribution in [3.63, 3.8) is 0 Å². The lowest BCUT2D eigenvalue weighted by Crippen LogP contribution is -2.54. The number of fused-ring (bicyclic) bond motifs is 2. The van der Waals surface area contributed by atoms with Gasteiger partial charge in [-0.05, 0) is 67.2 Å². The number of nitrogens with zero attached hydrogens (tertiary/aromatic N) is 4. The minimum atomic E-state index is -0.00357. The summed E-state index contributed by atoms with van der Waals surface area (Å²) in [5.74, 6) is 1.04. The first-order chi connectivity index (χ1) is 16.2. The van der Waals surface area contributed by atoms with Crippen LogP contribution in [0.2, 0.25) is 0 Å².